The summed E-state index contributed by atoms with van der Waals surface area (Å²) >= 11 is 0. The van der Waals surface area contributed by atoms with Crippen LogP contribution in [0.15, 0.2) is 54.7 Å². The van der Waals surface area contributed by atoms with Gasteiger partial charge in [-0.3, -0.25) is 4.98 Å². The Morgan fingerprint density at radius 2 is 1.44 bits per heavy atom. The molecule has 0 unspecified atom stereocenters. The Kier molecular flexibility index (Phi) is 5.44. The van der Waals surface area contributed by atoms with Crippen LogP contribution in [0.5, 0.6) is 0 Å². The number of nitrogens with two attached hydrogens (primary N) is 1. The van der Waals surface area contributed by atoms with E-state index in [1.807, 2.05) is 18.3 Å². The summed E-state index contributed by atoms with van der Waals surface area (Å²) in [5.41, 5.74) is 13.2. The van der Waals surface area contributed by atoms with Gasteiger partial charge in [-0.05, 0) is 86.1 Å². The second-order valence-electron chi connectivity index (χ2n) is 6.71. The van der Waals surface area contributed by atoms with Gasteiger partial charge in [-0.1, -0.05) is 24.3 Å². The topological polar surface area (TPSA) is 51.8 Å². The second kappa shape index (κ2) is 7.93. The Morgan fingerprint density at radius 3 is 2.12 bits per heavy atom. The van der Waals surface area contributed by atoms with Gasteiger partial charge in [0.15, 0.2) is 0 Å². The van der Waals surface area contributed by atoms with Gasteiger partial charge < -0.3 is 5.73 Å². The highest BCUT2D eigenvalue weighted by atomic mass is 14.8. The standard InChI is InChI=1S/C22H25N3/c1-16-10-11-24-20(12-16)8-6-18-4-3-5-19(15-18)7-9-21-13-17(2)14-22(23)25-21/h3-5,10-15H,6-9H2,1-2H3,(H2,23,25). The van der Waals surface area contributed by atoms with E-state index in [2.05, 4.69) is 60.2 Å². The molecule has 3 rings (SSSR count). The Balaban J connectivity index is 1.61. The number of pyridine rings is 2. The van der Waals surface area contributed by atoms with Gasteiger partial charge in [0, 0.05) is 17.6 Å². The first-order valence-corrected chi connectivity index (χ1v) is 8.81. The number of hydrogen-bond acceptors (Lipinski definition) is 3. The molecule has 0 saturated carbocycles. The van der Waals surface area contributed by atoms with Crippen molar-refractivity contribution in [1.29, 1.82) is 0 Å². The number of nitrogens with zero attached hydrogens (tertiary/aromatic N) is 2. The van der Waals surface area contributed by atoms with Crippen LogP contribution in [-0.4, -0.2) is 9.97 Å². The van der Waals surface area contributed by atoms with Gasteiger partial charge in [0.1, 0.15) is 5.82 Å². The molecule has 0 aliphatic heterocycles. The van der Waals surface area contributed by atoms with E-state index < -0.39 is 0 Å². The van der Waals surface area contributed by atoms with Gasteiger partial charge in [-0.15, -0.1) is 0 Å². The number of aryl methyl sites for hydroxylation is 6. The molecule has 2 aromatic heterocycles. The minimum atomic E-state index is 0.606. The number of hydrogen-bond donors (Lipinski definition) is 1. The van der Waals surface area contributed by atoms with Gasteiger partial charge in [0.25, 0.3) is 0 Å². The van der Waals surface area contributed by atoms with Crippen molar-refractivity contribution in [2.75, 3.05) is 5.73 Å². The average molecular weight is 331 g/mol. The number of rotatable bonds is 6. The number of nitrogen functional groups attached to an aromatic ring is 1. The molecular weight excluding hydrogens is 306 g/mol. The zero-order valence-electron chi connectivity index (χ0n) is 15.0. The molecule has 3 nitrogen and oxygen atoms in total. The fraction of sp³-hybridized carbons (Fsp3) is 0.273. The Morgan fingerprint density at radius 1 is 0.760 bits per heavy atom. The SMILES string of the molecule is Cc1ccnc(CCc2cccc(CCc3cc(C)cc(N)n3)c2)c1. The van der Waals surface area contributed by atoms with E-state index in [9.17, 15) is 0 Å². The molecule has 25 heavy (non-hydrogen) atoms. The fourth-order valence-corrected chi connectivity index (χ4v) is 3.12. The predicted molar refractivity (Wildman–Crippen MR) is 104 cm³/mol. The fourth-order valence-electron chi connectivity index (χ4n) is 3.12. The molecule has 0 spiro atoms. The van der Waals surface area contributed by atoms with E-state index >= 15 is 0 Å². The highest BCUT2D eigenvalue weighted by Gasteiger charge is 2.02. The van der Waals surface area contributed by atoms with Gasteiger partial charge >= 0.3 is 0 Å². The smallest absolute Gasteiger partial charge is 0.123 e. The highest BCUT2D eigenvalue weighted by molar-refractivity contribution is 5.34. The van der Waals surface area contributed by atoms with E-state index in [1.165, 1.54) is 22.3 Å². The lowest BCUT2D eigenvalue weighted by molar-refractivity contribution is 0.890. The largest absolute Gasteiger partial charge is 0.384 e. The van der Waals surface area contributed by atoms with E-state index in [0.29, 0.717) is 5.82 Å². The van der Waals surface area contributed by atoms with Gasteiger partial charge in [-0.2, -0.15) is 0 Å². The minimum Gasteiger partial charge on any atom is -0.384 e. The van der Waals surface area contributed by atoms with E-state index in [1.54, 1.807) is 0 Å². The number of aromatic nitrogens is 2. The molecule has 2 heterocycles. The Hall–Kier alpha value is -2.68. The van der Waals surface area contributed by atoms with Crippen molar-refractivity contribution < 1.29 is 0 Å². The summed E-state index contributed by atoms with van der Waals surface area (Å²) in [4.78, 5) is 8.87. The molecule has 0 amide bonds. The molecule has 0 fully saturated rings. The van der Waals surface area contributed by atoms with Gasteiger partial charge in [0.2, 0.25) is 0 Å². The first-order valence-electron chi connectivity index (χ1n) is 8.81. The molecule has 0 atom stereocenters. The van der Waals surface area contributed by atoms with Crippen molar-refractivity contribution in [3.63, 3.8) is 0 Å². The van der Waals surface area contributed by atoms with Crippen LogP contribution in [0.1, 0.15) is 33.6 Å². The zero-order chi connectivity index (χ0) is 17.6. The monoisotopic (exact) mass is 331 g/mol. The summed E-state index contributed by atoms with van der Waals surface area (Å²) in [7, 11) is 0. The van der Waals surface area contributed by atoms with Crippen LogP contribution >= 0.6 is 0 Å². The Bertz CT molecular complexity index is 835. The quantitative estimate of drug-likeness (QED) is 0.735. The summed E-state index contributed by atoms with van der Waals surface area (Å²) in [5.74, 6) is 0.606. The predicted octanol–water partition coefficient (Wildman–Crippen LogP) is 4.25. The first-order chi connectivity index (χ1) is 12.1. The summed E-state index contributed by atoms with van der Waals surface area (Å²) < 4.78 is 0. The third-order valence-electron chi connectivity index (χ3n) is 4.35. The van der Waals surface area contributed by atoms with Crippen LogP contribution in [0.4, 0.5) is 5.82 Å². The van der Waals surface area contributed by atoms with Crippen molar-refractivity contribution in [2.24, 2.45) is 0 Å². The van der Waals surface area contributed by atoms with Gasteiger partial charge in [-0.25, -0.2) is 4.98 Å². The summed E-state index contributed by atoms with van der Waals surface area (Å²) in [5, 5.41) is 0. The number of anilines is 1. The molecule has 3 heteroatoms. The van der Waals surface area contributed by atoms with Crippen molar-refractivity contribution in [2.45, 2.75) is 39.5 Å². The van der Waals surface area contributed by atoms with Crippen LogP contribution in [-0.2, 0) is 25.7 Å². The highest BCUT2D eigenvalue weighted by Crippen LogP contribution is 2.13. The van der Waals surface area contributed by atoms with Crippen LogP contribution in [0.25, 0.3) is 0 Å². The zero-order valence-corrected chi connectivity index (χ0v) is 15.0. The maximum absolute atomic E-state index is 5.84. The summed E-state index contributed by atoms with van der Waals surface area (Å²) in [6.45, 7) is 4.17. The molecule has 3 aromatic rings. The van der Waals surface area contributed by atoms with Crippen LogP contribution in [0.3, 0.4) is 0 Å². The average Bonchev–Trinajstić information content (AvgIpc) is 2.58. The van der Waals surface area contributed by atoms with Crippen molar-refractivity contribution in [3.8, 4) is 0 Å². The summed E-state index contributed by atoms with van der Waals surface area (Å²) in [6, 6.07) is 17.1. The van der Waals surface area contributed by atoms with Crippen molar-refractivity contribution in [3.05, 3.63) is 88.4 Å². The summed E-state index contributed by atoms with van der Waals surface area (Å²) in [6.07, 6.45) is 5.77. The van der Waals surface area contributed by atoms with Crippen LogP contribution in [0.2, 0.25) is 0 Å². The lowest BCUT2D eigenvalue weighted by Crippen LogP contribution is -2.00. The molecule has 0 aliphatic rings. The molecular formula is C22H25N3. The normalized spacial score (nSPS) is 10.8. The maximum Gasteiger partial charge on any atom is 0.123 e. The maximum atomic E-state index is 5.84. The van der Waals surface area contributed by atoms with Crippen molar-refractivity contribution >= 4 is 5.82 Å². The molecule has 1 aromatic carbocycles. The Labute approximate surface area is 150 Å². The molecule has 0 bridgehead atoms. The lowest BCUT2D eigenvalue weighted by Gasteiger charge is -2.07. The van der Waals surface area contributed by atoms with Crippen molar-refractivity contribution in [1.82, 2.24) is 9.97 Å². The third kappa shape index (κ3) is 5.15. The van der Waals surface area contributed by atoms with Crippen LogP contribution < -0.4 is 5.73 Å². The molecule has 128 valence electrons. The molecule has 0 radical (unpaired) electrons. The molecule has 0 saturated heterocycles. The van der Waals surface area contributed by atoms with E-state index in [-0.39, 0.29) is 0 Å². The van der Waals surface area contributed by atoms with E-state index in [0.717, 1.165) is 37.1 Å². The number of benzene rings is 1. The molecule has 0 aliphatic carbocycles. The second-order valence-corrected chi connectivity index (χ2v) is 6.71. The van der Waals surface area contributed by atoms with E-state index in [4.69, 9.17) is 5.73 Å². The van der Waals surface area contributed by atoms with Gasteiger partial charge in [0.05, 0.1) is 0 Å². The lowest BCUT2D eigenvalue weighted by atomic mass is 10.0. The third-order valence-corrected chi connectivity index (χ3v) is 4.35. The van der Waals surface area contributed by atoms with Crippen LogP contribution in [0, 0.1) is 13.8 Å². The molecule has 2 N–H and O–H groups in total. The first kappa shape index (κ1) is 17.2. The minimum absolute atomic E-state index is 0.606.